The summed E-state index contributed by atoms with van der Waals surface area (Å²) < 4.78 is 0. The Labute approximate surface area is 120 Å². The molecule has 0 aliphatic heterocycles. The average Bonchev–Trinajstić information content (AvgIpc) is 2.29. The molecular formula is C12H14Cl2N2O3. The second kappa shape index (κ2) is 6.12. The highest BCUT2D eigenvalue weighted by atomic mass is 35.5. The Bertz CT molecular complexity index is 504. The third-order valence-corrected chi connectivity index (χ3v) is 3.01. The maximum absolute atomic E-state index is 11.6. The first-order chi connectivity index (χ1) is 8.72. The van der Waals surface area contributed by atoms with Crippen molar-refractivity contribution >= 4 is 35.2 Å². The van der Waals surface area contributed by atoms with Gasteiger partial charge in [0.1, 0.15) is 5.54 Å². The smallest absolute Gasteiger partial charge is 0.328 e. The SMILES string of the molecule is CC(C)(NC(=O)NCc1cc(Cl)ccc1Cl)C(=O)O. The molecule has 0 aromatic heterocycles. The molecule has 104 valence electrons. The van der Waals surface area contributed by atoms with Gasteiger partial charge in [0.25, 0.3) is 0 Å². The first kappa shape index (κ1) is 15.6. The highest BCUT2D eigenvalue weighted by Gasteiger charge is 2.28. The molecule has 19 heavy (non-hydrogen) atoms. The van der Waals surface area contributed by atoms with Gasteiger partial charge in [-0.1, -0.05) is 23.2 Å². The summed E-state index contributed by atoms with van der Waals surface area (Å²) in [4.78, 5) is 22.4. The Morgan fingerprint density at radius 1 is 1.32 bits per heavy atom. The monoisotopic (exact) mass is 304 g/mol. The van der Waals surface area contributed by atoms with E-state index in [-0.39, 0.29) is 6.54 Å². The molecule has 5 nitrogen and oxygen atoms in total. The number of nitrogens with one attached hydrogen (secondary N) is 2. The molecule has 7 heteroatoms. The van der Waals surface area contributed by atoms with Gasteiger partial charge < -0.3 is 15.7 Å². The number of benzene rings is 1. The number of rotatable bonds is 4. The van der Waals surface area contributed by atoms with Gasteiger partial charge in [0.2, 0.25) is 0 Å². The van der Waals surface area contributed by atoms with Crippen molar-refractivity contribution in [3.8, 4) is 0 Å². The van der Waals surface area contributed by atoms with E-state index in [2.05, 4.69) is 10.6 Å². The van der Waals surface area contributed by atoms with Crippen molar-refractivity contribution in [3.63, 3.8) is 0 Å². The van der Waals surface area contributed by atoms with E-state index < -0.39 is 17.5 Å². The molecule has 0 radical (unpaired) electrons. The molecule has 1 rings (SSSR count). The van der Waals surface area contributed by atoms with E-state index in [0.29, 0.717) is 15.6 Å². The molecule has 1 aromatic carbocycles. The topological polar surface area (TPSA) is 78.4 Å². The van der Waals surface area contributed by atoms with Crippen molar-refractivity contribution in [2.75, 3.05) is 0 Å². The van der Waals surface area contributed by atoms with Crippen LogP contribution < -0.4 is 10.6 Å². The van der Waals surface area contributed by atoms with E-state index in [1.54, 1.807) is 18.2 Å². The molecular weight excluding hydrogens is 291 g/mol. The van der Waals surface area contributed by atoms with Gasteiger partial charge in [-0.2, -0.15) is 0 Å². The number of hydrogen-bond donors (Lipinski definition) is 3. The third kappa shape index (κ3) is 4.61. The number of amides is 2. The minimum Gasteiger partial charge on any atom is -0.480 e. The average molecular weight is 305 g/mol. The number of carboxylic acid groups (broad SMARTS) is 1. The van der Waals surface area contributed by atoms with Gasteiger partial charge in [-0.15, -0.1) is 0 Å². The van der Waals surface area contributed by atoms with E-state index >= 15 is 0 Å². The summed E-state index contributed by atoms with van der Waals surface area (Å²) >= 11 is 11.8. The number of carbonyl (C=O) groups is 2. The summed E-state index contributed by atoms with van der Waals surface area (Å²) in [7, 11) is 0. The fraction of sp³-hybridized carbons (Fsp3) is 0.333. The van der Waals surface area contributed by atoms with Crippen LogP contribution in [-0.4, -0.2) is 22.6 Å². The number of carboxylic acids is 1. The standard InChI is InChI=1S/C12H14Cl2N2O3/c1-12(2,10(17)18)16-11(19)15-6-7-5-8(13)3-4-9(7)14/h3-5H,6H2,1-2H3,(H,17,18)(H2,15,16,19). The molecule has 0 saturated carbocycles. The van der Waals surface area contributed by atoms with Gasteiger partial charge in [0.05, 0.1) is 0 Å². The summed E-state index contributed by atoms with van der Waals surface area (Å²) in [5.74, 6) is -1.12. The second-order valence-corrected chi connectivity index (χ2v) is 5.32. The lowest BCUT2D eigenvalue weighted by Crippen LogP contribution is -2.53. The molecule has 0 heterocycles. The van der Waals surface area contributed by atoms with Gasteiger partial charge in [0, 0.05) is 16.6 Å². The number of aliphatic carboxylic acids is 1. The summed E-state index contributed by atoms with van der Waals surface area (Å²) in [5.41, 5.74) is -0.695. The van der Waals surface area contributed by atoms with Crippen LogP contribution in [0.3, 0.4) is 0 Å². The van der Waals surface area contributed by atoms with Crippen LogP contribution in [0.25, 0.3) is 0 Å². The zero-order valence-electron chi connectivity index (χ0n) is 10.5. The van der Waals surface area contributed by atoms with E-state index in [9.17, 15) is 9.59 Å². The van der Waals surface area contributed by atoms with Crippen LogP contribution in [-0.2, 0) is 11.3 Å². The van der Waals surface area contributed by atoms with Crippen molar-refractivity contribution in [1.82, 2.24) is 10.6 Å². The normalized spacial score (nSPS) is 10.9. The van der Waals surface area contributed by atoms with Crippen LogP contribution in [0, 0.1) is 0 Å². The number of urea groups is 1. The van der Waals surface area contributed by atoms with Gasteiger partial charge in [-0.3, -0.25) is 0 Å². The lowest BCUT2D eigenvalue weighted by atomic mass is 10.1. The number of carbonyl (C=O) groups excluding carboxylic acids is 1. The molecule has 0 atom stereocenters. The molecule has 0 fully saturated rings. The summed E-state index contributed by atoms with van der Waals surface area (Å²) in [6.07, 6.45) is 0. The molecule has 0 aliphatic rings. The Balaban J connectivity index is 2.60. The fourth-order valence-electron chi connectivity index (χ4n) is 1.24. The Morgan fingerprint density at radius 2 is 1.95 bits per heavy atom. The van der Waals surface area contributed by atoms with E-state index in [1.807, 2.05) is 0 Å². The van der Waals surface area contributed by atoms with E-state index in [4.69, 9.17) is 28.3 Å². The van der Waals surface area contributed by atoms with E-state index in [0.717, 1.165) is 0 Å². The molecule has 0 bridgehead atoms. The zero-order valence-corrected chi connectivity index (χ0v) is 12.0. The lowest BCUT2D eigenvalue weighted by molar-refractivity contribution is -0.142. The van der Waals surface area contributed by atoms with Gasteiger partial charge in [-0.05, 0) is 37.6 Å². The fourth-order valence-corrected chi connectivity index (χ4v) is 1.61. The molecule has 3 N–H and O–H groups in total. The number of hydrogen-bond acceptors (Lipinski definition) is 2. The molecule has 0 unspecified atom stereocenters. The van der Waals surface area contributed by atoms with Crippen molar-refractivity contribution in [1.29, 1.82) is 0 Å². The Kier molecular flexibility index (Phi) is 5.03. The molecule has 1 aromatic rings. The highest BCUT2D eigenvalue weighted by molar-refractivity contribution is 6.33. The predicted molar refractivity (Wildman–Crippen MR) is 73.5 cm³/mol. The van der Waals surface area contributed by atoms with Crippen LogP contribution in [0.2, 0.25) is 10.0 Å². The van der Waals surface area contributed by atoms with Crippen LogP contribution in [0.4, 0.5) is 4.79 Å². The number of halogens is 2. The van der Waals surface area contributed by atoms with Crippen LogP contribution in [0.5, 0.6) is 0 Å². The van der Waals surface area contributed by atoms with Crippen LogP contribution in [0.15, 0.2) is 18.2 Å². The Hall–Kier alpha value is -1.46. The van der Waals surface area contributed by atoms with Crippen LogP contribution >= 0.6 is 23.2 Å². The predicted octanol–water partition coefficient (Wildman–Crippen LogP) is 2.66. The maximum Gasteiger partial charge on any atom is 0.328 e. The van der Waals surface area contributed by atoms with Crippen molar-refractivity contribution in [2.24, 2.45) is 0 Å². The van der Waals surface area contributed by atoms with Crippen molar-refractivity contribution in [3.05, 3.63) is 33.8 Å². The summed E-state index contributed by atoms with van der Waals surface area (Å²) in [5, 5.41) is 14.7. The minimum atomic E-state index is -1.35. The van der Waals surface area contributed by atoms with E-state index in [1.165, 1.54) is 13.8 Å². The maximum atomic E-state index is 11.6. The first-order valence-corrected chi connectivity index (χ1v) is 6.21. The summed E-state index contributed by atoms with van der Waals surface area (Å²) in [6, 6.07) is 4.30. The third-order valence-electron chi connectivity index (χ3n) is 2.41. The molecule has 0 saturated heterocycles. The second-order valence-electron chi connectivity index (χ2n) is 4.47. The minimum absolute atomic E-state index is 0.154. The van der Waals surface area contributed by atoms with Crippen molar-refractivity contribution in [2.45, 2.75) is 25.9 Å². The van der Waals surface area contributed by atoms with Gasteiger partial charge in [0.15, 0.2) is 0 Å². The highest BCUT2D eigenvalue weighted by Crippen LogP contribution is 2.20. The largest absolute Gasteiger partial charge is 0.480 e. The molecule has 0 spiro atoms. The van der Waals surface area contributed by atoms with Gasteiger partial charge in [-0.25, -0.2) is 9.59 Å². The quantitative estimate of drug-likeness (QED) is 0.800. The molecule has 2 amide bonds. The lowest BCUT2D eigenvalue weighted by Gasteiger charge is -2.21. The van der Waals surface area contributed by atoms with Crippen molar-refractivity contribution < 1.29 is 14.7 Å². The first-order valence-electron chi connectivity index (χ1n) is 5.45. The summed E-state index contributed by atoms with van der Waals surface area (Å²) in [6.45, 7) is 2.93. The Morgan fingerprint density at radius 3 is 2.53 bits per heavy atom. The van der Waals surface area contributed by atoms with Gasteiger partial charge >= 0.3 is 12.0 Å². The molecule has 0 aliphatic carbocycles. The zero-order chi connectivity index (χ0) is 14.6. The van der Waals surface area contributed by atoms with Crippen LogP contribution in [0.1, 0.15) is 19.4 Å².